The topological polar surface area (TPSA) is 25.8 Å². The van der Waals surface area contributed by atoms with Crippen molar-refractivity contribution in [2.24, 2.45) is 0 Å². The number of hydrogen-bond acceptors (Lipinski definition) is 2. The average molecular weight is 265 g/mol. The highest BCUT2D eigenvalue weighted by molar-refractivity contribution is 6.30. The lowest BCUT2D eigenvalue weighted by Crippen LogP contribution is -2.00. The number of benzene rings is 1. The molecule has 2 nitrogen and oxygen atoms in total. The Morgan fingerprint density at radius 3 is 2.50 bits per heavy atom. The molecule has 0 aliphatic rings. The minimum atomic E-state index is -0.289. The second kappa shape index (κ2) is 5.02. The van der Waals surface area contributed by atoms with E-state index < -0.39 is 0 Å². The van der Waals surface area contributed by atoms with E-state index >= 15 is 0 Å². The van der Waals surface area contributed by atoms with Crippen molar-refractivity contribution in [3.8, 4) is 11.4 Å². The molecule has 1 aromatic carbocycles. The Bertz CT molecular complexity index is 576. The van der Waals surface area contributed by atoms with Crippen molar-refractivity contribution < 1.29 is 4.39 Å². The van der Waals surface area contributed by atoms with E-state index in [0.717, 1.165) is 23.2 Å². The van der Waals surface area contributed by atoms with Crippen molar-refractivity contribution in [1.82, 2.24) is 9.97 Å². The van der Waals surface area contributed by atoms with Crippen LogP contribution >= 0.6 is 11.6 Å². The summed E-state index contributed by atoms with van der Waals surface area (Å²) in [4.78, 5) is 8.66. The van der Waals surface area contributed by atoms with Crippen molar-refractivity contribution in [1.29, 1.82) is 0 Å². The van der Waals surface area contributed by atoms with E-state index in [0.29, 0.717) is 16.5 Å². The summed E-state index contributed by atoms with van der Waals surface area (Å²) >= 11 is 6.08. The Balaban J connectivity index is 2.60. The van der Waals surface area contributed by atoms with Gasteiger partial charge in [-0.2, -0.15) is 0 Å². The Kier molecular flexibility index (Phi) is 3.62. The summed E-state index contributed by atoms with van der Waals surface area (Å²) in [5.74, 6) is 0.188. The van der Waals surface area contributed by atoms with Gasteiger partial charge in [-0.25, -0.2) is 14.4 Å². The van der Waals surface area contributed by atoms with Crippen LogP contribution in [0.25, 0.3) is 11.4 Å². The van der Waals surface area contributed by atoms with E-state index in [1.165, 1.54) is 12.1 Å². The second-order valence-corrected chi connectivity index (χ2v) is 4.64. The molecule has 1 aromatic heterocycles. The van der Waals surface area contributed by atoms with E-state index in [1.54, 1.807) is 0 Å². The Morgan fingerprint density at radius 1 is 1.17 bits per heavy atom. The molecule has 0 N–H and O–H groups in total. The highest BCUT2D eigenvalue weighted by Gasteiger charge is 2.10. The van der Waals surface area contributed by atoms with Crippen molar-refractivity contribution >= 4 is 11.6 Å². The molecule has 0 fully saturated rings. The molecule has 2 rings (SSSR count). The van der Waals surface area contributed by atoms with Gasteiger partial charge in [0, 0.05) is 16.8 Å². The van der Waals surface area contributed by atoms with Crippen molar-refractivity contribution in [3.63, 3.8) is 0 Å². The summed E-state index contributed by atoms with van der Waals surface area (Å²) in [6.45, 7) is 5.73. The van der Waals surface area contributed by atoms with Crippen molar-refractivity contribution in [2.75, 3.05) is 0 Å². The molecular formula is C14H14ClFN2. The number of aryl methyl sites for hydroxylation is 2. The van der Waals surface area contributed by atoms with Crippen LogP contribution in [0.3, 0.4) is 0 Å². The molecule has 0 atom stereocenters. The van der Waals surface area contributed by atoms with Crippen molar-refractivity contribution in [2.45, 2.75) is 27.2 Å². The number of hydrogen-bond donors (Lipinski definition) is 0. The third-order valence-corrected chi connectivity index (χ3v) is 3.19. The summed E-state index contributed by atoms with van der Waals surface area (Å²) < 4.78 is 13.4. The average Bonchev–Trinajstić information content (AvgIpc) is 2.31. The maximum Gasteiger partial charge on any atom is 0.161 e. The minimum Gasteiger partial charge on any atom is -0.233 e. The molecule has 0 aliphatic heterocycles. The van der Waals surface area contributed by atoms with Gasteiger partial charge in [0.2, 0.25) is 0 Å². The summed E-state index contributed by atoms with van der Waals surface area (Å²) in [6, 6.07) is 4.75. The first kappa shape index (κ1) is 13.0. The molecule has 0 amide bonds. The van der Waals surface area contributed by atoms with Gasteiger partial charge in [0.05, 0.1) is 0 Å². The van der Waals surface area contributed by atoms with Crippen molar-refractivity contribution in [3.05, 3.63) is 46.0 Å². The van der Waals surface area contributed by atoms with Crippen LogP contribution in [0.2, 0.25) is 5.15 Å². The highest BCUT2D eigenvalue weighted by Crippen LogP contribution is 2.23. The third-order valence-electron chi connectivity index (χ3n) is 2.82. The van der Waals surface area contributed by atoms with E-state index in [-0.39, 0.29) is 5.82 Å². The minimum absolute atomic E-state index is 0.289. The second-order valence-electron chi connectivity index (χ2n) is 4.28. The monoisotopic (exact) mass is 264 g/mol. The van der Waals surface area contributed by atoms with Crippen LogP contribution in [0, 0.1) is 19.7 Å². The van der Waals surface area contributed by atoms with Gasteiger partial charge >= 0.3 is 0 Å². The lowest BCUT2D eigenvalue weighted by molar-refractivity contribution is 0.627. The molecule has 0 saturated carbocycles. The number of aromatic nitrogens is 2. The first-order valence-electron chi connectivity index (χ1n) is 5.82. The third kappa shape index (κ3) is 2.51. The molecule has 18 heavy (non-hydrogen) atoms. The fraction of sp³-hybridized carbons (Fsp3) is 0.286. The fourth-order valence-corrected chi connectivity index (χ4v) is 2.06. The molecule has 0 saturated heterocycles. The van der Waals surface area contributed by atoms with Gasteiger partial charge in [-0.15, -0.1) is 0 Å². The summed E-state index contributed by atoms with van der Waals surface area (Å²) in [7, 11) is 0. The van der Waals surface area contributed by atoms with Gasteiger partial charge < -0.3 is 0 Å². The standard InChI is InChI=1S/C14H14ClFN2/c1-4-12-9(3)13(15)18-14(17-12)10-5-8(2)6-11(16)7-10/h5-7H,4H2,1-3H3. The van der Waals surface area contributed by atoms with E-state index in [1.807, 2.05) is 26.8 Å². The summed E-state index contributed by atoms with van der Waals surface area (Å²) in [6.07, 6.45) is 0.773. The Morgan fingerprint density at radius 2 is 1.89 bits per heavy atom. The first-order chi connectivity index (χ1) is 8.51. The molecule has 0 radical (unpaired) electrons. The molecule has 94 valence electrons. The largest absolute Gasteiger partial charge is 0.233 e. The zero-order chi connectivity index (χ0) is 13.3. The summed E-state index contributed by atoms with van der Waals surface area (Å²) in [5.41, 5.74) is 3.27. The Hall–Kier alpha value is -1.48. The van der Waals surface area contributed by atoms with Gasteiger partial charge in [0.15, 0.2) is 5.82 Å². The lowest BCUT2D eigenvalue weighted by Gasteiger charge is -2.08. The maximum absolute atomic E-state index is 13.4. The quantitative estimate of drug-likeness (QED) is 0.763. The maximum atomic E-state index is 13.4. The molecule has 2 aromatic rings. The predicted octanol–water partition coefficient (Wildman–Crippen LogP) is 4.12. The SMILES string of the molecule is CCc1nc(-c2cc(C)cc(F)c2)nc(Cl)c1C. The molecule has 0 unspecified atom stereocenters. The molecular weight excluding hydrogens is 251 g/mol. The van der Waals surface area contributed by atoms with Crippen LogP contribution in [-0.2, 0) is 6.42 Å². The molecule has 1 heterocycles. The molecule has 4 heteroatoms. The van der Waals surface area contributed by atoms with Crippen LogP contribution < -0.4 is 0 Å². The fourth-order valence-electron chi connectivity index (χ4n) is 1.87. The normalized spacial score (nSPS) is 10.7. The predicted molar refractivity (Wildman–Crippen MR) is 71.3 cm³/mol. The van der Waals surface area contributed by atoms with Gasteiger partial charge in [0.1, 0.15) is 11.0 Å². The van der Waals surface area contributed by atoms with Gasteiger partial charge in [0.25, 0.3) is 0 Å². The van der Waals surface area contributed by atoms with Crippen LogP contribution in [0.4, 0.5) is 4.39 Å². The van der Waals surface area contributed by atoms with E-state index in [4.69, 9.17) is 11.6 Å². The van der Waals surface area contributed by atoms with Gasteiger partial charge in [-0.05, 0) is 44.0 Å². The number of halogens is 2. The van der Waals surface area contributed by atoms with E-state index in [2.05, 4.69) is 9.97 Å². The van der Waals surface area contributed by atoms with Gasteiger partial charge in [-0.3, -0.25) is 0 Å². The number of nitrogens with zero attached hydrogens (tertiary/aromatic N) is 2. The Labute approximate surface area is 111 Å². The van der Waals surface area contributed by atoms with Crippen LogP contribution in [0.5, 0.6) is 0 Å². The zero-order valence-electron chi connectivity index (χ0n) is 10.6. The lowest BCUT2D eigenvalue weighted by atomic mass is 10.1. The summed E-state index contributed by atoms with van der Waals surface area (Å²) in [5, 5.41) is 0.429. The molecule has 0 bridgehead atoms. The number of rotatable bonds is 2. The molecule has 0 aliphatic carbocycles. The van der Waals surface area contributed by atoms with Crippen LogP contribution in [-0.4, -0.2) is 9.97 Å². The van der Waals surface area contributed by atoms with E-state index in [9.17, 15) is 4.39 Å². The highest BCUT2D eigenvalue weighted by atomic mass is 35.5. The molecule has 0 spiro atoms. The van der Waals surface area contributed by atoms with Gasteiger partial charge in [-0.1, -0.05) is 18.5 Å². The van der Waals surface area contributed by atoms with Crippen LogP contribution in [0.15, 0.2) is 18.2 Å². The smallest absolute Gasteiger partial charge is 0.161 e. The first-order valence-corrected chi connectivity index (χ1v) is 6.19. The van der Waals surface area contributed by atoms with Crippen LogP contribution in [0.1, 0.15) is 23.7 Å². The zero-order valence-corrected chi connectivity index (χ0v) is 11.3.